The van der Waals surface area contributed by atoms with Crippen LogP contribution in [0.1, 0.15) is 5.56 Å². The smallest absolute Gasteiger partial charge is 0.294 e. The maximum Gasteiger partial charge on any atom is 0.294 e. The van der Waals surface area contributed by atoms with Crippen LogP contribution in [0.15, 0.2) is 29.2 Å². The predicted octanol–water partition coefficient (Wildman–Crippen LogP) is 1.45. The average molecular weight is 382 g/mol. The number of nitrogens with one attached hydrogen (secondary N) is 1. The van der Waals surface area contributed by atoms with E-state index in [1.54, 1.807) is 6.07 Å². The molecule has 3 rings (SSSR count). The molecule has 2 atom stereocenters. The Balaban J connectivity index is 1.66. The lowest BCUT2D eigenvalue weighted by molar-refractivity contribution is -0.129. The van der Waals surface area contributed by atoms with Crippen molar-refractivity contribution in [1.82, 2.24) is 10.2 Å². The van der Waals surface area contributed by atoms with E-state index in [9.17, 15) is 23.9 Å². The molecule has 2 aliphatic heterocycles. The molecule has 0 saturated carbocycles. The Labute approximate surface area is 151 Å². The molecule has 0 spiro atoms. The van der Waals surface area contributed by atoms with E-state index in [-0.39, 0.29) is 10.9 Å². The zero-order chi connectivity index (χ0) is 18.0. The van der Waals surface area contributed by atoms with Gasteiger partial charge in [-0.3, -0.25) is 19.3 Å². The molecular formula is C16H15FN2O4S2. The topological polar surface area (TPSA) is 86.7 Å². The molecule has 2 fully saturated rings. The summed E-state index contributed by atoms with van der Waals surface area (Å²) in [4.78, 5) is 37.4. The summed E-state index contributed by atoms with van der Waals surface area (Å²) in [5.41, 5.74) is 0.459. The molecule has 0 radical (unpaired) electrons. The van der Waals surface area contributed by atoms with Crippen molar-refractivity contribution in [3.63, 3.8) is 0 Å². The summed E-state index contributed by atoms with van der Waals surface area (Å²) < 4.78 is 13.2. The third-order valence-electron chi connectivity index (χ3n) is 3.72. The number of thioether (sulfide) groups is 2. The molecular weight excluding hydrogens is 367 g/mol. The zero-order valence-electron chi connectivity index (χ0n) is 13.0. The van der Waals surface area contributed by atoms with Crippen LogP contribution in [0.2, 0.25) is 0 Å². The standard InChI is InChI=1S/C16H15FN2O4S2/c17-10-3-1-2-9(4-10)5-13-15(22)19(16(23)25-13)6-14(21)18-11-7-24-8-12(11)20/h1-5,11-12,20H,6-8H2,(H,18,21)/t11-,12+/m1/s1. The first-order valence-electron chi connectivity index (χ1n) is 7.50. The molecule has 25 heavy (non-hydrogen) atoms. The summed E-state index contributed by atoms with van der Waals surface area (Å²) >= 11 is 2.23. The van der Waals surface area contributed by atoms with E-state index in [0.29, 0.717) is 28.8 Å². The molecule has 0 aliphatic carbocycles. The van der Waals surface area contributed by atoms with Crippen LogP contribution in [0.5, 0.6) is 0 Å². The van der Waals surface area contributed by atoms with Crippen LogP contribution >= 0.6 is 23.5 Å². The second-order valence-electron chi connectivity index (χ2n) is 5.60. The molecule has 2 aliphatic rings. The summed E-state index contributed by atoms with van der Waals surface area (Å²) in [7, 11) is 0. The average Bonchev–Trinajstić information content (AvgIpc) is 3.06. The van der Waals surface area contributed by atoms with E-state index in [2.05, 4.69) is 5.32 Å². The van der Waals surface area contributed by atoms with Crippen molar-refractivity contribution in [3.8, 4) is 0 Å². The van der Waals surface area contributed by atoms with Gasteiger partial charge in [-0.25, -0.2) is 4.39 Å². The number of aliphatic hydroxyl groups is 1. The number of carbonyl (C=O) groups excluding carboxylic acids is 3. The lowest BCUT2D eigenvalue weighted by Crippen LogP contribution is -2.47. The normalized spacial score (nSPS) is 25.0. The fourth-order valence-electron chi connectivity index (χ4n) is 2.46. The van der Waals surface area contributed by atoms with Crippen LogP contribution in [-0.4, -0.2) is 57.3 Å². The number of halogens is 1. The van der Waals surface area contributed by atoms with E-state index >= 15 is 0 Å². The Kier molecular flexibility index (Phi) is 5.45. The molecule has 2 heterocycles. The number of hydrogen-bond donors (Lipinski definition) is 2. The Bertz CT molecular complexity index is 755. The number of rotatable bonds is 4. The van der Waals surface area contributed by atoms with Crippen molar-refractivity contribution in [2.75, 3.05) is 18.1 Å². The van der Waals surface area contributed by atoms with Crippen molar-refractivity contribution in [2.45, 2.75) is 12.1 Å². The number of nitrogens with zero attached hydrogens (tertiary/aromatic N) is 1. The lowest BCUT2D eigenvalue weighted by atomic mass is 10.2. The van der Waals surface area contributed by atoms with Crippen LogP contribution in [0.25, 0.3) is 6.08 Å². The minimum absolute atomic E-state index is 0.139. The van der Waals surface area contributed by atoms with E-state index in [1.807, 2.05) is 0 Å². The van der Waals surface area contributed by atoms with Crippen LogP contribution in [0.4, 0.5) is 9.18 Å². The maximum atomic E-state index is 13.2. The van der Waals surface area contributed by atoms with Gasteiger partial charge in [-0.15, -0.1) is 0 Å². The zero-order valence-corrected chi connectivity index (χ0v) is 14.6. The van der Waals surface area contributed by atoms with Crippen molar-refractivity contribution in [1.29, 1.82) is 0 Å². The molecule has 3 amide bonds. The second kappa shape index (κ2) is 7.59. The fraction of sp³-hybridized carbons (Fsp3) is 0.312. The van der Waals surface area contributed by atoms with Gasteiger partial charge in [0.2, 0.25) is 5.91 Å². The molecule has 0 unspecified atom stereocenters. The van der Waals surface area contributed by atoms with Gasteiger partial charge in [0.1, 0.15) is 12.4 Å². The van der Waals surface area contributed by atoms with Crippen LogP contribution in [0.3, 0.4) is 0 Å². The first-order chi connectivity index (χ1) is 11.9. The molecule has 2 N–H and O–H groups in total. The minimum atomic E-state index is -0.628. The van der Waals surface area contributed by atoms with E-state index in [1.165, 1.54) is 36.0 Å². The van der Waals surface area contributed by atoms with Gasteiger partial charge in [-0.2, -0.15) is 11.8 Å². The van der Waals surface area contributed by atoms with Crippen molar-refractivity contribution < 1.29 is 23.9 Å². The summed E-state index contributed by atoms with van der Waals surface area (Å²) in [6.45, 7) is -0.404. The quantitative estimate of drug-likeness (QED) is 0.767. The molecule has 0 bridgehead atoms. The molecule has 9 heteroatoms. The van der Waals surface area contributed by atoms with Gasteiger partial charge in [0.05, 0.1) is 17.1 Å². The SMILES string of the molecule is O=C(CN1C(=O)SC(=Cc2cccc(F)c2)C1=O)N[C@@H]1CSC[C@@H]1O. The lowest BCUT2D eigenvalue weighted by Gasteiger charge is -2.18. The molecule has 1 aromatic carbocycles. The van der Waals surface area contributed by atoms with Crippen molar-refractivity contribution in [3.05, 3.63) is 40.6 Å². The van der Waals surface area contributed by atoms with E-state index in [0.717, 1.165) is 4.90 Å². The van der Waals surface area contributed by atoms with Crippen molar-refractivity contribution >= 4 is 46.7 Å². The molecule has 1 aromatic rings. The summed E-state index contributed by atoms with van der Waals surface area (Å²) in [6.07, 6.45) is 0.792. The van der Waals surface area contributed by atoms with Crippen LogP contribution in [-0.2, 0) is 9.59 Å². The van der Waals surface area contributed by atoms with E-state index in [4.69, 9.17) is 0 Å². The van der Waals surface area contributed by atoms with Crippen LogP contribution < -0.4 is 5.32 Å². The minimum Gasteiger partial charge on any atom is -0.390 e. The second-order valence-corrected chi connectivity index (χ2v) is 7.67. The first kappa shape index (κ1) is 18.0. The molecule has 6 nitrogen and oxygen atoms in total. The molecule has 2 saturated heterocycles. The summed E-state index contributed by atoms with van der Waals surface area (Å²) in [5.74, 6) is -0.395. The number of carbonyl (C=O) groups is 3. The van der Waals surface area contributed by atoms with Gasteiger partial charge in [-0.05, 0) is 35.5 Å². The Morgan fingerprint density at radius 3 is 2.88 bits per heavy atom. The van der Waals surface area contributed by atoms with Crippen LogP contribution in [0, 0.1) is 5.82 Å². The van der Waals surface area contributed by atoms with E-state index < -0.39 is 35.5 Å². The third-order valence-corrected chi connectivity index (χ3v) is 5.80. The summed E-state index contributed by atoms with van der Waals surface area (Å²) in [5, 5.41) is 11.8. The fourth-order valence-corrected chi connectivity index (χ4v) is 4.47. The number of hydrogen-bond acceptors (Lipinski definition) is 6. The highest BCUT2D eigenvalue weighted by molar-refractivity contribution is 8.18. The monoisotopic (exact) mass is 382 g/mol. The number of amides is 3. The van der Waals surface area contributed by atoms with Gasteiger partial charge < -0.3 is 10.4 Å². The Hall–Kier alpha value is -1.84. The summed E-state index contributed by atoms with van der Waals surface area (Å²) in [6, 6.07) is 5.27. The predicted molar refractivity (Wildman–Crippen MR) is 94.3 cm³/mol. The third kappa shape index (κ3) is 4.23. The molecule has 0 aromatic heterocycles. The van der Waals surface area contributed by atoms with Gasteiger partial charge in [0, 0.05) is 11.5 Å². The first-order valence-corrected chi connectivity index (χ1v) is 9.47. The molecule has 132 valence electrons. The number of aliphatic hydroxyl groups excluding tert-OH is 1. The Morgan fingerprint density at radius 2 is 2.20 bits per heavy atom. The Morgan fingerprint density at radius 1 is 1.40 bits per heavy atom. The van der Waals surface area contributed by atoms with Gasteiger partial charge in [-0.1, -0.05) is 12.1 Å². The number of benzene rings is 1. The highest BCUT2D eigenvalue weighted by Crippen LogP contribution is 2.32. The van der Waals surface area contributed by atoms with Gasteiger partial charge in [0.15, 0.2) is 0 Å². The van der Waals surface area contributed by atoms with Gasteiger partial charge in [0.25, 0.3) is 11.1 Å². The highest BCUT2D eigenvalue weighted by Gasteiger charge is 2.37. The largest absolute Gasteiger partial charge is 0.390 e. The van der Waals surface area contributed by atoms with Crippen molar-refractivity contribution in [2.24, 2.45) is 0 Å². The van der Waals surface area contributed by atoms with Gasteiger partial charge >= 0.3 is 0 Å². The number of imide groups is 1. The maximum absolute atomic E-state index is 13.2. The highest BCUT2D eigenvalue weighted by atomic mass is 32.2.